The number of nitrogens with two attached hydrogens (primary N) is 1. The molecule has 0 spiro atoms. The lowest BCUT2D eigenvalue weighted by Crippen LogP contribution is -2.14. The van der Waals surface area contributed by atoms with Gasteiger partial charge in [0.05, 0.1) is 38.3 Å². The molecule has 43 nitrogen and oxygen atoms in total. The summed E-state index contributed by atoms with van der Waals surface area (Å²) in [7, 11) is -43.5. The Bertz CT molecular complexity index is 5740. The molecule has 0 amide bonds. The van der Waals surface area contributed by atoms with Crippen molar-refractivity contribution in [3.63, 3.8) is 0 Å². The van der Waals surface area contributed by atoms with Gasteiger partial charge in [0, 0.05) is 34.1 Å². The first kappa shape index (κ1) is 74.7. The van der Waals surface area contributed by atoms with E-state index in [1.54, 1.807) is 0 Å². The number of hydrogen-bond acceptors (Lipinski definition) is 33. The molecule has 0 aromatic heterocycles. The van der Waals surface area contributed by atoms with Gasteiger partial charge in [0.2, 0.25) is 5.75 Å². The Morgan fingerprint density at radius 1 is 0.567 bits per heavy atom. The van der Waals surface area contributed by atoms with Crippen molar-refractivity contribution in [1.82, 2.24) is 0 Å². The van der Waals surface area contributed by atoms with Crippen molar-refractivity contribution in [1.29, 1.82) is 5.41 Å². The van der Waals surface area contributed by atoms with E-state index in [-0.39, 0.29) is 36.0 Å². The molecule has 0 aliphatic carbocycles. The van der Waals surface area contributed by atoms with Gasteiger partial charge in [-0.25, -0.2) is 4.79 Å². The van der Waals surface area contributed by atoms with E-state index in [9.17, 15) is 129 Å². The highest BCUT2D eigenvalue weighted by Crippen LogP contribution is 2.51. The largest absolute Gasteiger partial charge is 0.505 e. The van der Waals surface area contributed by atoms with Gasteiger partial charge in [0.25, 0.3) is 80.9 Å². The van der Waals surface area contributed by atoms with Crippen LogP contribution in [0.25, 0.3) is 21.5 Å². The topological polar surface area (TPSA) is 726 Å². The van der Waals surface area contributed by atoms with Gasteiger partial charge in [-0.05, 0) is 79.2 Å². The van der Waals surface area contributed by atoms with Crippen LogP contribution in [-0.2, 0) is 85.7 Å². The molecular formula is C45H35ClN12O31S8. The zero-order valence-corrected chi connectivity index (χ0v) is 53.8. The van der Waals surface area contributed by atoms with Crippen LogP contribution >= 0.6 is 11.6 Å². The molecule has 52 heteroatoms. The monoisotopic (exact) mass is 1530 g/mol. The number of benzene rings is 7. The number of carboxylic acid groups (broad SMARTS) is 1. The van der Waals surface area contributed by atoms with Crippen LogP contribution in [0.4, 0.5) is 56.9 Å². The van der Waals surface area contributed by atoms with Gasteiger partial charge in [-0.3, -0.25) is 51.9 Å². The van der Waals surface area contributed by atoms with Gasteiger partial charge >= 0.3 is 11.7 Å². The third-order valence-corrected chi connectivity index (χ3v) is 19.5. The Morgan fingerprint density at radius 3 is 1.61 bits per heavy atom. The minimum atomic E-state index is -5.88. The number of carbonyl (C=O) groups is 1. The molecule has 0 aliphatic heterocycles. The van der Waals surface area contributed by atoms with Crippen LogP contribution in [0.3, 0.4) is 0 Å². The zero-order chi connectivity index (χ0) is 72.8. The number of rotatable bonds is 25. The molecule has 0 saturated heterocycles. The lowest BCUT2D eigenvalue weighted by molar-refractivity contribution is -0.386. The highest BCUT2D eigenvalue weighted by atomic mass is 35.5. The summed E-state index contributed by atoms with van der Waals surface area (Å²) in [4.78, 5) is 13.1. The fourth-order valence-electron chi connectivity index (χ4n) is 8.07. The molecule has 0 radical (unpaired) electrons. The smallest absolute Gasteiger partial charge is 0.356 e. The molecule has 0 unspecified atom stereocenters. The standard InChI is InChI=1S/C45H35ClN12O31S8/c46-24-14-33(94(77,78)79)27(52-55-30(38(48)45(61)62)17-49-18-2-4-19(5-3-18)91(68,69)70)15-26(24)51-56-39-34(95(80,81)82)12-22-21(41(39)59)6-7-25(44(22)97(86,87)88)50-53-28-16-32(93(74,75)76)23-13-35(96(83,84)85)40(42(60)36(23)37(28)47)57-54-29-10-20(92(71,72)73)11-31(58(63)64)43(29)89-8-1-9-90(65,66)67/h2-7,10-17,48-49,59-60H,1,8-9,47H2,(H,61,62)(H,65,66,67)(H,68,69,70)(H,71,72,73)(H,74,75,76)(H,77,78,79)(H,80,81,82)(H,83,84,85)(H,86,87,88)/b30-17+,48-38?,53-50?,55-52+,56-51?,57-54?. The zero-order valence-electron chi connectivity index (χ0n) is 46.5. The Labute approximate surface area is 546 Å². The number of anilines is 2. The summed E-state index contributed by atoms with van der Waals surface area (Å²) in [5.74, 6) is -7.27. The number of hydrogen-bond donors (Lipinski definition) is 14. The quantitative estimate of drug-likeness (QED) is 0.00507. The number of carboxylic acids is 1. The van der Waals surface area contributed by atoms with Crippen molar-refractivity contribution in [3.8, 4) is 17.2 Å². The second-order valence-electron chi connectivity index (χ2n) is 18.7. The first-order chi connectivity index (χ1) is 44.4. The second kappa shape index (κ2) is 27.1. The number of nitrogens with zero attached hydrogens (tertiary/aromatic N) is 9. The molecule has 0 atom stereocenters. The maximum absolute atomic E-state index is 13.2. The number of ether oxygens (including phenoxy) is 1. The highest BCUT2D eigenvalue weighted by molar-refractivity contribution is 7.88. The Morgan fingerprint density at radius 2 is 1.09 bits per heavy atom. The molecule has 0 aliphatic rings. The third-order valence-electron chi connectivity index (χ3n) is 12.2. The first-order valence-corrected chi connectivity index (χ1v) is 36.5. The summed E-state index contributed by atoms with van der Waals surface area (Å²) in [5.41, 5.74) is -6.61. The van der Waals surface area contributed by atoms with Gasteiger partial charge in [-0.2, -0.15) is 67.3 Å². The van der Waals surface area contributed by atoms with Crippen LogP contribution in [0.5, 0.6) is 17.2 Å². The molecule has 0 bridgehead atoms. The lowest BCUT2D eigenvalue weighted by atomic mass is 10.0. The summed E-state index contributed by atoms with van der Waals surface area (Å²) in [6.07, 6.45) is 0.0502. The SMILES string of the molecule is N=C(C(=O)O)C(=C\Nc1ccc(S(=O)(=O)O)cc1)/N=N/c1cc(N=Nc2c(S(=O)(=O)O)cc3c(S(=O)(=O)O)c(N=Nc4cc(S(=O)(=O)O)c5cc(S(=O)(=O)O)c(N=Nc6cc(S(=O)(=O)O)cc([N+](=O)[O-])c6OCCCS(=O)(=O)O)c(O)c5c4N)ccc3c2O)c(Cl)cc1S(=O)(=O)O. The van der Waals surface area contributed by atoms with Crippen LogP contribution in [0, 0.1) is 15.5 Å². The number of azo groups is 4. The van der Waals surface area contributed by atoms with E-state index in [0.717, 1.165) is 24.3 Å². The van der Waals surface area contributed by atoms with Gasteiger partial charge < -0.3 is 31.1 Å². The van der Waals surface area contributed by atoms with Crippen LogP contribution < -0.4 is 15.8 Å². The maximum atomic E-state index is 13.2. The number of fused-ring (bicyclic) bond motifs is 2. The van der Waals surface area contributed by atoms with Gasteiger partial charge in [-0.15, -0.1) is 40.9 Å². The number of nitro groups is 1. The number of aromatic hydroxyl groups is 2. The average Bonchev–Trinajstić information content (AvgIpc) is 0.740. The van der Waals surface area contributed by atoms with Crippen LogP contribution in [0.15, 0.2) is 166 Å². The van der Waals surface area contributed by atoms with Crippen LogP contribution in [0.2, 0.25) is 5.02 Å². The summed E-state index contributed by atoms with van der Waals surface area (Å²) in [6, 6.07) is 7.24. The minimum Gasteiger partial charge on any atom is -0.505 e. The number of nitro benzene ring substituents is 1. The normalized spacial score (nSPS) is 13.4. The molecule has 516 valence electrons. The van der Waals surface area contributed by atoms with Crippen molar-refractivity contribution in [2.24, 2.45) is 40.9 Å². The number of aliphatic carboxylic acids is 1. The Hall–Kier alpha value is -9.69. The molecule has 97 heavy (non-hydrogen) atoms. The minimum absolute atomic E-state index is 0.0248. The van der Waals surface area contributed by atoms with Gasteiger partial charge in [0.1, 0.15) is 74.9 Å². The summed E-state index contributed by atoms with van der Waals surface area (Å²) in [5, 5.41) is 78.5. The summed E-state index contributed by atoms with van der Waals surface area (Å²) >= 11 is 6.22. The number of halogens is 1. The number of phenols is 2. The average molecular weight is 1530 g/mol. The Balaban J connectivity index is 1.39. The predicted octanol–water partition coefficient (Wildman–Crippen LogP) is 7.32. The molecule has 0 fully saturated rings. The van der Waals surface area contributed by atoms with Crippen molar-refractivity contribution in [3.05, 3.63) is 106 Å². The molecule has 7 aromatic carbocycles. The fraction of sp³-hybridized carbons (Fsp3) is 0.0667. The fourth-order valence-corrected chi connectivity index (χ4v) is 13.3. The first-order valence-electron chi connectivity index (χ1n) is 24.5. The van der Waals surface area contributed by atoms with Crippen molar-refractivity contribution < 1.29 is 134 Å². The highest BCUT2D eigenvalue weighted by Gasteiger charge is 2.33. The van der Waals surface area contributed by atoms with Crippen LogP contribution in [-0.4, -0.2) is 148 Å². The van der Waals surface area contributed by atoms with E-state index < -0.39 is 251 Å². The molecule has 7 aromatic rings. The van der Waals surface area contributed by atoms with E-state index in [0.29, 0.717) is 30.5 Å². The number of nitrogens with one attached hydrogen (secondary N) is 2. The Kier molecular flexibility index (Phi) is 20.9. The van der Waals surface area contributed by atoms with Crippen molar-refractivity contribution in [2.45, 2.75) is 40.7 Å². The van der Waals surface area contributed by atoms with E-state index in [1.165, 1.54) is 0 Å². The third kappa shape index (κ3) is 17.3. The molecule has 0 saturated carbocycles. The van der Waals surface area contributed by atoms with E-state index >= 15 is 0 Å². The lowest BCUT2D eigenvalue weighted by Gasteiger charge is -2.15. The van der Waals surface area contributed by atoms with E-state index in [4.69, 9.17) is 32.0 Å². The van der Waals surface area contributed by atoms with Crippen LogP contribution in [0.1, 0.15) is 6.42 Å². The number of phenolic OH excluding ortho intramolecular Hbond substituents is 2. The molecular weight excluding hydrogens is 1500 g/mol. The second-order valence-corrected chi connectivity index (χ2v) is 30.4. The number of nitrogen functional groups attached to an aromatic ring is 1. The molecule has 0 heterocycles. The van der Waals surface area contributed by atoms with Crippen molar-refractivity contribution >= 4 is 183 Å². The van der Waals surface area contributed by atoms with Gasteiger partial charge in [-0.1, -0.05) is 11.6 Å². The summed E-state index contributed by atoms with van der Waals surface area (Å²) in [6.45, 7) is -0.866. The summed E-state index contributed by atoms with van der Waals surface area (Å²) < 4.78 is 284. The van der Waals surface area contributed by atoms with Gasteiger partial charge in [0.15, 0.2) is 17.2 Å². The molecule has 7 rings (SSSR count). The van der Waals surface area contributed by atoms with Crippen molar-refractivity contribution in [2.75, 3.05) is 23.4 Å². The predicted molar refractivity (Wildman–Crippen MR) is 326 cm³/mol. The van der Waals surface area contributed by atoms with E-state index in [2.05, 4.69) is 46.2 Å². The molecule has 15 N–H and O–H groups in total. The van der Waals surface area contributed by atoms with E-state index in [1.807, 2.05) is 0 Å². The maximum Gasteiger partial charge on any atom is 0.356 e.